The van der Waals surface area contributed by atoms with Crippen molar-refractivity contribution >= 4 is 0 Å². The van der Waals surface area contributed by atoms with Gasteiger partial charge in [0, 0.05) is 24.5 Å². The van der Waals surface area contributed by atoms with Gasteiger partial charge in [0.05, 0.1) is 0 Å². The van der Waals surface area contributed by atoms with Crippen molar-refractivity contribution < 1.29 is 4.74 Å². The third-order valence-corrected chi connectivity index (χ3v) is 2.63. The second-order valence-electron chi connectivity index (χ2n) is 3.91. The van der Waals surface area contributed by atoms with Gasteiger partial charge in [-0.2, -0.15) is 0 Å². The SMILES string of the molecule is CCn1cc(C)c(OCc2ccccc2)c1. The van der Waals surface area contributed by atoms with E-state index in [4.69, 9.17) is 4.74 Å². The first-order valence-electron chi connectivity index (χ1n) is 5.62. The van der Waals surface area contributed by atoms with Gasteiger partial charge in [0.1, 0.15) is 12.4 Å². The standard InChI is InChI=1S/C14H17NO/c1-3-15-9-12(2)14(10-15)16-11-13-7-5-4-6-8-13/h4-10H,3,11H2,1-2H3. The van der Waals surface area contributed by atoms with E-state index < -0.39 is 0 Å². The zero-order valence-corrected chi connectivity index (χ0v) is 9.81. The lowest BCUT2D eigenvalue weighted by Crippen LogP contribution is -1.95. The Balaban J connectivity index is 2.02. The largest absolute Gasteiger partial charge is 0.487 e. The summed E-state index contributed by atoms with van der Waals surface area (Å²) in [6, 6.07) is 10.2. The van der Waals surface area contributed by atoms with Crippen molar-refractivity contribution in [1.29, 1.82) is 0 Å². The number of hydrogen-bond donors (Lipinski definition) is 0. The monoisotopic (exact) mass is 215 g/mol. The number of rotatable bonds is 4. The fraction of sp³-hybridized carbons (Fsp3) is 0.286. The van der Waals surface area contributed by atoms with Crippen LogP contribution in [-0.4, -0.2) is 4.57 Å². The first-order chi connectivity index (χ1) is 7.79. The highest BCUT2D eigenvalue weighted by Crippen LogP contribution is 2.19. The summed E-state index contributed by atoms with van der Waals surface area (Å²) in [7, 11) is 0. The van der Waals surface area contributed by atoms with Gasteiger partial charge in [-0.3, -0.25) is 0 Å². The molecule has 0 aliphatic rings. The van der Waals surface area contributed by atoms with Crippen LogP contribution < -0.4 is 4.74 Å². The van der Waals surface area contributed by atoms with Crippen molar-refractivity contribution in [3.8, 4) is 5.75 Å². The Hall–Kier alpha value is -1.70. The van der Waals surface area contributed by atoms with Crippen molar-refractivity contribution in [1.82, 2.24) is 4.57 Å². The van der Waals surface area contributed by atoms with Gasteiger partial charge in [-0.15, -0.1) is 0 Å². The Bertz CT molecular complexity index is 445. The van der Waals surface area contributed by atoms with Gasteiger partial charge >= 0.3 is 0 Å². The van der Waals surface area contributed by atoms with E-state index in [0.29, 0.717) is 6.61 Å². The molecule has 0 saturated heterocycles. The summed E-state index contributed by atoms with van der Waals surface area (Å²) in [4.78, 5) is 0. The summed E-state index contributed by atoms with van der Waals surface area (Å²) < 4.78 is 7.92. The zero-order valence-electron chi connectivity index (χ0n) is 9.81. The highest BCUT2D eigenvalue weighted by Gasteiger charge is 2.03. The highest BCUT2D eigenvalue weighted by molar-refractivity contribution is 5.30. The van der Waals surface area contributed by atoms with Crippen LogP contribution in [-0.2, 0) is 13.2 Å². The molecule has 0 fully saturated rings. The first-order valence-corrected chi connectivity index (χ1v) is 5.62. The van der Waals surface area contributed by atoms with E-state index in [1.54, 1.807) is 0 Å². The summed E-state index contributed by atoms with van der Waals surface area (Å²) >= 11 is 0. The third-order valence-electron chi connectivity index (χ3n) is 2.63. The van der Waals surface area contributed by atoms with E-state index in [9.17, 15) is 0 Å². The van der Waals surface area contributed by atoms with Crippen molar-refractivity contribution in [2.45, 2.75) is 27.0 Å². The number of ether oxygens (including phenoxy) is 1. The second kappa shape index (κ2) is 4.88. The van der Waals surface area contributed by atoms with Gasteiger partial charge < -0.3 is 9.30 Å². The molecule has 2 nitrogen and oxygen atoms in total. The van der Waals surface area contributed by atoms with E-state index in [1.165, 1.54) is 11.1 Å². The van der Waals surface area contributed by atoms with Crippen LogP contribution in [0.15, 0.2) is 42.7 Å². The van der Waals surface area contributed by atoms with Crippen LogP contribution in [0.25, 0.3) is 0 Å². The smallest absolute Gasteiger partial charge is 0.140 e. The molecule has 0 saturated carbocycles. The second-order valence-corrected chi connectivity index (χ2v) is 3.91. The minimum atomic E-state index is 0.634. The van der Waals surface area contributed by atoms with E-state index >= 15 is 0 Å². The molecule has 2 rings (SSSR count). The lowest BCUT2D eigenvalue weighted by Gasteiger charge is -2.04. The molecular formula is C14H17NO. The maximum absolute atomic E-state index is 5.78. The van der Waals surface area contributed by atoms with Gasteiger partial charge in [-0.1, -0.05) is 30.3 Å². The molecule has 84 valence electrons. The predicted molar refractivity (Wildman–Crippen MR) is 65.6 cm³/mol. The molecule has 1 aromatic carbocycles. The summed E-state index contributed by atoms with van der Waals surface area (Å²) in [6.45, 7) is 5.82. The van der Waals surface area contributed by atoms with E-state index in [0.717, 1.165) is 12.3 Å². The predicted octanol–water partition coefficient (Wildman–Crippen LogP) is 3.40. The molecule has 0 atom stereocenters. The molecule has 0 bridgehead atoms. The van der Waals surface area contributed by atoms with Crippen LogP contribution >= 0.6 is 0 Å². The van der Waals surface area contributed by atoms with Crippen molar-refractivity contribution in [2.75, 3.05) is 0 Å². The maximum Gasteiger partial charge on any atom is 0.140 e. The summed E-state index contributed by atoms with van der Waals surface area (Å²) in [5.41, 5.74) is 2.39. The first kappa shape index (κ1) is 10.8. The zero-order chi connectivity index (χ0) is 11.4. The lowest BCUT2D eigenvalue weighted by molar-refractivity contribution is 0.304. The molecule has 0 aliphatic heterocycles. The average molecular weight is 215 g/mol. The fourth-order valence-corrected chi connectivity index (χ4v) is 1.67. The van der Waals surface area contributed by atoms with Crippen LogP contribution in [0.2, 0.25) is 0 Å². The average Bonchev–Trinajstić information content (AvgIpc) is 2.69. The lowest BCUT2D eigenvalue weighted by atomic mass is 10.2. The van der Waals surface area contributed by atoms with Crippen LogP contribution in [0.4, 0.5) is 0 Å². The molecule has 0 radical (unpaired) electrons. The summed E-state index contributed by atoms with van der Waals surface area (Å²) in [5, 5.41) is 0. The fourth-order valence-electron chi connectivity index (χ4n) is 1.67. The molecule has 2 aromatic rings. The minimum Gasteiger partial charge on any atom is -0.487 e. The molecule has 0 unspecified atom stereocenters. The van der Waals surface area contributed by atoms with E-state index in [1.807, 2.05) is 18.2 Å². The van der Waals surface area contributed by atoms with Gasteiger partial charge in [0.25, 0.3) is 0 Å². The van der Waals surface area contributed by atoms with Crippen molar-refractivity contribution in [3.05, 3.63) is 53.9 Å². The summed E-state index contributed by atoms with van der Waals surface area (Å²) in [5.74, 6) is 0.978. The molecule has 2 heteroatoms. The minimum absolute atomic E-state index is 0.634. The van der Waals surface area contributed by atoms with Gasteiger partial charge in [0.2, 0.25) is 0 Å². The number of aromatic nitrogens is 1. The molecule has 0 N–H and O–H groups in total. The van der Waals surface area contributed by atoms with Crippen LogP contribution in [0, 0.1) is 6.92 Å². The molecule has 1 aromatic heterocycles. The number of aryl methyl sites for hydroxylation is 2. The topological polar surface area (TPSA) is 14.2 Å². The number of benzene rings is 1. The normalized spacial score (nSPS) is 10.4. The molecule has 0 spiro atoms. The Kier molecular flexibility index (Phi) is 3.30. The third kappa shape index (κ3) is 2.45. The molecule has 0 amide bonds. The van der Waals surface area contributed by atoms with E-state index in [-0.39, 0.29) is 0 Å². The van der Waals surface area contributed by atoms with Crippen LogP contribution in [0.5, 0.6) is 5.75 Å². The molecular weight excluding hydrogens is 198 g/mol. The molecule has 16 heavy (non-hydrogen) atoms. The van der Waals surface area contributed by atoms with Crippen LogP contribution in [0.1, 0.15) is 18.1 Å². The Morgan fingerprint density at radius 1 is 1.12 bits per heavy atom. The Morgan fingerprint density at radius 2 is 1.88 bits per heavy atom. The number of nitrogens with zero attached hydrogens (tertiary/aromatic N) is 1. The van der Waals surface area contributed by atoms with E-state index in [2.05, 4.69) is 42.9 Å². The van der Waals surface area contributed by atoms with Crippen molar-refractivity contribution in [3.63, 3.8) is 0 Å². The highest BCUT2D eigenvalue weighted by atomic mass is 16.5. The van der Waals surface area contributed by atoms with Gasteiger partial charge in [0.15, 0.2) is 0 Å². The van der Waals surface area contributed by atoms with Gasteiger partial charge in [-0.25, -0.2) is 0 Å². The quantitative estimate of drug-likeness (QED) is 0.762. The van der Waals surface area contributed by atoms with Gasteiger partial charge in [-0.05, 0) is 19.4 Å². The molecule has 0 aliphatic carbocycles. The van der Waals surface area contributed by atoms with Crippen molar-refractivity contribution in [2.24, 2.45) is 0 Å². The number of hydrogen-bond acceptors (Lipinski definition) is 1. The van der Waals surface area contributed by atoms with Crippen LogP contribution in [0.3, 0.4) is 0 Å². The molecule has 1 heterocycles. The summed E-state index contributed by atoms with van der Waals surface area (Å²) in [6.07, 6.45) is 4.17. The maximum atomic E-state index is 5.78. The Labute approximate surface area is 96.5 Å². The Morgan fingerprint density at radius 3 is 2.50 bits per heavy atom.